The van der Waals surface area contributed by atoms with Gasteiger partial charge in [-0.1, -0.05) is 0 Å². The molecule has 0 aromatic rings. The number of nitrogens with one attached hydrogen (secondary N) is 1. The number of sulfone groups is 1. The van der Waals surface area contributed by atoms with Crippen LogP contribution in [0.3, 0.4) is 0 Å². The number of thiocarbonyl (C=S) groups is 1. The molecule has 2 aliphatic heterocycles. The molecular weight excluding hydrogens is 248 g/mol. The maximum absolute atomic E-state index is 11.2. The lowest BCUT2D eigenvalue weighted by Gasteiger charge is -2.29. The third-order valence-electron chi connectivity index (χ3n) is 2.52. The molecule has 2 aliphatic rings. The molecule has 16 heavy (non-hydrogen) atoms. The van der Waals surface area contributed by atoms with Gasteiger partial charge >= 0.3 is 0 Å². The standard InChI is InChI=1S/C9H14N2O3S2/c12-16(13)6-1-8(7-16)10-9(15)11-2-4-14-5-3-11/h1H,2-7H2,(H,10,15). The molecule has 7 heteroatoms. The van der Waals surface area contributed by atoms with Gasteiger partial charge in [0.2, 0.25) is 0 Å². The van der Waals surface area contributed by atoms with Gasteiger partial charge in [-0.15, -0.1) is 0 Å². The Morgan fingerprint density at radius 3 is 2.69 bits per heavy atom. The Hall–Kier alpha value is -0.660. The third-order valence-corrected chi connectivity index (χ3v) is 4.31. The SMILES string of the molecule is O=S1(=O)CC=C(NC(=S)N2CCOCC2)C1. The van der Waals surface area contributed by atoms with Gasteiger partial charge in [0.25, 0.3) is 0 Å². The summed E-state index contributed by atoms with van der Waals surface area (Å²) in [6, 6.07) is 0. The van der Waals surface area contributed by atoms with Crippen LogP contribution in [0, 0.1) is 0 Å². The molecule has 0 unspecified atom stereocenters. The highest BCUT2D eigenvalue weighted by Gasteiger charge is 2.22. The molecule has 0 aromatic carbocycles. The van der Waals surface area contributed by atoms with Crippen molar-refractivity contribution in [2.75, 3.05) is 37.8 Å². The van der Waals surface area contributed by atoms with Crippen molar-refractivity contribution in [1.29, 1.82) is 0 Å². The molecule has 1 N–H and O–H groups in total. The van der Waals surface area contributed by atoms with Gasteiger partial charge in [0.05, 0.1) is 24.7 Å². The van der Waals surface area contributed by atoms with Gasteiger partial charge in [-0.2, -0.15) is 0 Å². The second kappa shape index (κ2) is 4.68. The maximum Gasteiger partial charge on any atom is 0.173 e. The Balaban J connectivity index is 1.88. The zero-order chi connectivity index (χ0) is 11.6. The summed E-state index contributed by atoms with van der Waals surface area (Å²) < 4.78 is 27.7. The molecule has 0 radical (unpaired) electrons. The lowest BCUT2D eigenvalue weighted by atomic mass is 10.4. The Morgan fingerprint density at radius 1 is 1.44 bits per heavy atom. The molecule has 0 atom stereocenters. The van der Waals surface area contributed by atoms with Gasteiger partial charge in [-0.05, 0) is 18.3 Å². The average Bonchev–Trinajstić information content (AvgIpc) is 2.59. The lowest BCUT2D eigenvalue weighted by molar-refractivity contribution is 0.0679. The molecule has 2 rings (SSSR count). The van der Waals surface area contributed by atoms with Crippen LogP contribution < -0.4 is 5.32 Å². The first-order chi connectivity index (χ1) is 7.57. The Labute approximate surface area is 100 Å². The maximum atomic E-state index is 11.2. The van der Waals surface area contributed by atoms with Crippen molar-refractivity contribution in [1.82, 2.24) is 10.2 Å². The van der Waals surface area contributed by atoms with Gasteiger partial charge < -0.3 is 15.0 Å². The monoisotopic (exact) mass is 262 g/mol. The Morgan fingerprint density at radius 2 is 2.12 bits per heavy atom. The smallest absolute Gasteiger partial charge is 0.173 e. The van der Waals surface area contributed by atoms with Crippen molar-refractivity contribution in [3.63, 3.8) is 0 Å². The topological polar surface area (TPSA) is 58.6 Å². The molecular formula is C9H14N2O3S2. The molecule has 0 saturated carbocycles. The zero-order valence-corrected chi connectivity index (χ0v) is 10.4. The van der Waals surface area contributed by atoms with Crippen molar-refractivity contribution in [3.8, 4) is 0 Å². The number of rotatable bonds is 1. The number of hydrogen-bond donors (Lipinski definition) is 1. The fraction of sp³-hybridized carbons (Fsp3) is 0.667. The van der Waals surface area contributed by atoms with Gasteiger partial charge in [0.15, 0.2) is 14.9 Å². The number of hydrogen-bond acceptors (Lipinski definition) is 4. The fourth-order valence-corrected chi connectivity index (χ4v) is 3.20. The first-order valence-electron chi connectivity index (χ1n) is 5.10. The lowest BCUT2D eigenvalue weighted by Crippen LogP contribution is -2.45. The van der Waals surface area contributed by atoms with Crippen LogP contribution in [-0.4, -0.2) is 56.2 Å². The minimum Gasteiger partial charge on any atom is -0.378 e. The van der Waals surface area contributed by atoms with Gasteiger partial charge in [0.1, 0.15) is 0 Å². The molecule has 2 heterocycles. The minimum atomic E-state index is -2.93. The van der Waals surface area contributed by atoms with E-state index in [9.17, 15) is 8.42 Å². The van der Waals surface area contributed by atoms with Crippen LogP contribution in [0.25, 0.3) is 0 Å². The molecule has 0 aliphatic carbocycles. The molecule has 0 aromatic heterocycles. The van der Waals surface area contributed by atoms with E-state index in [0.29, 0.717) is 24.0 Å². The molecule has 0 bridgehead atoms. The van der Waals surface area contributed by atoms with Crippen molar-refractivity contribution >= 4 is 27.2 Å². The molecule has 1 fully saturated rings. The quantitative estimate of drug-likeness (QED) is 0.643. The van der Waals surface area contributed by atoms with Crippen LogP contribution in [-0.2, 0) is 14.6 Å². The Bertz CT molecular complexity index is 410. The van der Waals surface area contributed by atoms with Crippen LogP contribution >= 0.6 is 12.2 Å². The molecule has 90 valence electrons. The zero-order valence-electron chi connectivity index (χ0n) is 8.81. The van der Waals surface area contributed by atoms with E-state index in [4.69, 9.17) is 17.0 Å². The molecule has 0 amide bonds. The van der Waals surface area contributed by atoms with Crippen molar-refractivity contribution in [2.24, 2.45) is 0 Å². The van der Waals surface area contributed by atoms with E-state index in [-0.39, 0.29) is 11.5 Å². The summed E-state index contributed by atoms with van der Waals surface area (Å²) in [6.07, 6.45) is 1.68. The van der Waals surface area contributed by atoms with E-state index in [1.54, 1.807) is 6.08 Å². The second-order valence-corrected chi connectivity index (χ2v) is 6.31. The van der Waals surface area contributed by atoms with E-state index in [1.165, 1.54) is 0 Å². The summed E-state index contributed by atoms with van der Waals surface area (Å²) in [4.78, 5) is 1.99. The first-order valence-corrected chi connectivity index (χ1v) is 7.33. The Kier molecular flexibility index (Phi) is 3.46. The summed E-state index contributed by atoms with van der Waals surface area (Å²) in [5.41, 5.74) is 0.691. The molecule has 5 nitrogen and oxygen atoms in total. The summed E-state index contributed by atoms with van der Waals surface area (Å²) in [5, 5.41) is 3.58. The minimum absolute atomic E-state index is 0.0669. The van der Waals surface area contributed by atoms with Gasteiger partial charge in [-0.3, -0.25) is 0 Å². The van der Waals surface area contributed by atoms with Crippen LogP contribution in [0.15, 0.2) is 11.8 Å². The van der Waals surface area contributed by atoms with E-state index >= 15 is 0 Å². The van der Waals surface area contributed by atoms with E-state index in [0.717, 1.165) is 13.1 Å². The summed E-state index contributed by atoms with van der Waals surface area (Å²) in [5.74, 6) is 0.179. The summed E-state index contributed by atoms with van der Waals surface area (Å²) >= 11 is 5.21. The summed E-state index contributed by atoms with van der Waals surface area (Å²) in [6.45, 7) is 2.84. The van der Waals surface area contributed by atoms with Gasteiger partial charge in [-0.25, -0.2) is 8.42 Å². The highest BCUT2D eigenvalue weighted by Crippen LogP contribution is 2.09. The first kappa shape index (κ1) is 11.8. The predicted molar refractivity (Wildman–Crippen MR) is 64.9 cm³/mol. The molecule has 0 spiro atoms. The van der Waals surface area contributed by atoms with Crippen LogP contribution in [0.5, 0.6) is 0 Å². The predicted octanol–water partition coefficient (Wildman–Crippen LogP) is -0.495. The van der Waals surface area contributed by atoms with Crippen molar-refractivity contribution in [3.05, 3.63) is 11.8 Å². The molecule has 1 saturated heterocycles. The van der Waals surface area contributed by atoms with Crippen molar-refractivity contribution in [2.45, 2.75) is 0 Å². The number of morpholine rings is 1. The third kappa shape index (κ3) is 2.93. The highest BCUT2D eigenvalue weighted by molar-refractivity contribution is 7.92. The number of nitrogens with zero attached hydrogens (tertiary/aromatic N) is 1. The van der Waals surface area contributed by atoms with Crippen molar-refractivity contribution < 1.29 is 13.2 Å². The van der Waals surface area contributed by atoms with Gasteiger partial charge in [0, 0.05) is 18.8 Å². The van der Waals surface area contributed by atoms with Crippen LogP contribution in [0.1, 0.15) is 0 Å². The fourth-order valence-electron chi connectivity index (χ4n) is 1.65. The largest absolute Gasteiger partial charge is 0.378 e. The second-order valence-electron chi connectivity index (χ2n) is 3.81. The summed E-state index contributed by atoms with van der Waals surface area (Å²) in [7, 11) is -2.93. The normalized spacial score (nSPS) is 24.0. The van der Waals surface area contributed by atoms with E-state index in [2.05, 4.69) is 5.32 Å². The van der Waals surface area contributed by atoms with Crippen LogP contribution in [0.4, 0.5) is 0 Å². The average molecular weight is 262 g/mol. The van der Waals surface area contributed by atoms with E-state index < -0.39 is 9.84 Å². The van der Waals surface area contributed by atoms with E-state index in [1.807, 2.05) is 4.90 Å². The highest BCUT2D eigenvalue weighted by atomic mass is 32.2. The number of ether oxygens (including phenoxy) is 1. The van der Waals surface area contributed by atoms with Crippen LogP contribution in [0.2, 0.25) is 0 Å².